The molecule has 27 heavy (non-hydrogen) atoms. The topological polar surface area (TPSA) is 66.0 Å². The molecule has 1 saturated heterocycles. The highest BCUT2D eigenvalue weighted by Crippen LogP contribution is 2.25. The maximum atomic E-state index is 11.9. The van der Waals surface area contributed by atoms with Crippen molar-refractivity contribution in [3.63, 3.8) is 0 Å². The van der Waals surface area contributed by atoms with E-state index in [0.717, 1.165) is 25.5 Å². The number of rotatable bonds is 6. The van der Waals surface area contributed by atoms with Gasteiger partial charge in [-0.2, -0.15) is 0 Å². The molecule has 0 aliphatic carbocycles. The number of benzene rings is 1. The Morgan fingerprint density at radius 2 is 2.19 bits per heavy atom. The van der Waals surface area contributed by atoms with E-state index in [0.29, 0.717) is 19.6 Å². The summed E-state index contributed by atoms with van der Waals surface area (Å²) in [5.41, 5.74) is 3.75. The van der Waals surface area contributed by atoms with Crippen LogP contribution in [0.1, 0.15) is 49.5 Å². The fourth-order valence-electron chi connectivity index (χ4n) is 3.29. The van der Waals surface area contributed by atoms with Gasteiger partial charge in [0.2, 0.25) is 5.91 Å². The van der Waals surface area contributed by atoms with E-state index in [4.69, 9.17) is 4.74 Å². The van der Waals surface area contributed by atoms with Crippen LogP contribution in [0, 0.1) is 13.8 Å². The Morgan fingerprint density at radius 3 is 2.85 bits per heavy atom. The normalized spacial score (nSPS) is 18.9. The Labute approximate surface area is 163 Å². The first-order chi connectivity index (χ1) is 12.9. The Balaban J connectivity index is 1.90. The summed E-state index contributed by atoms with van der Waals surface area (Å²) in [5, 5.41) is 6.30. The van der Waals surface area contributed by atoms with Crippen LogP contribution in [0.5, 0.6) is 0 Å². The maximum absolute atomic E-state index is 11.9. The van der Waals surface area contributed by atoms with Crippen molar-refractivity contribution in [3.8, 4) is 0 Å². The van der Waals surface area contributed by atoms with Gasteiger partial charge in [0.05, 0.1) is 13.2 Å². The Morgan fingerprint density at radius 1 is 1.41 bits per heavy atom. The highest BCUT2D eigenvalue weighted by molar-refractivity contribution is 5.81. The van der Waals surface area contributed by atoms with Gasteiger partial charge in [0.1, 0.15) is 6.10 Å². The third-order valence-corrected chi connectivity index (χ3v) is 5.00. The number of carbonyl (C=O) groups excluding carboxylic acids is 1. The van der Waals surface area contributed by atoms with E-state index in [1.165, 1.54) is 16.7 Å². The molecule has 1 heterocycles. The second kappa shape index (κ2) is 10.3. The molecule has 150 valence electrons. The van der Waals surface area contributed by atoms with E-state index in [1.807, 2.05) is 6.92 Å². The average Bonchev–Trinajstić information content (AvgIpc) is 2.65. The number of morpholine rings is 1. The number of aliphatic imine (C=N–C) groups is 1. The van der Waals surface area contributed by atoms with Crippen molar-refractivity contribution in [2.24, 2.45) is 4.99 Å². The molecule has 1 fully saturated rings. The lowest BCUT2D eigenvalue weighted by Gasteiger charge is -2.35. The highest BCUT2D eigenvalue weighted by atomic mass is 16.5. The van der Waals surface area contributed by atoms with Crippen LogP contribution in [0.25, 0.3) is 0 Å². The number of hydrogen-bond donors (Lipinski definition) is 2. The highest BCUT2D eigenvalue weighted by Gasteiger charge is 2.25. The zero-order chi connectivity index (χ0) is 19.8. The van der Waals surface area contributed by atoms with Crippen LogP contribution >= 0.6 is 0 Å². The third kappa shape index (κ3) is 6.24. The summed E-state index contributed by atoms with van der Waals surface area (Å²) in [5.74, 6) is 0.895. The summed E-state index contributed by atoms with van der Waals surface area (Å²) in [7, 11) is 1.78. The number of ether oxygens (including phenoxy) is 1. The minimum atomic E-state index is 0.0339. The van der Waals surface area contributed by atoms with Gasteiger partial charge >= 0.3 is 0 Å². The number of aryl methyl sites for hydroxylation is 2. The molecule has 2 N–H and O–H groups in total. The summed E-state index contributed by atoms with van der Waals surface area (Å²) < 4.78 is 6.02. The van der Waals surface area contributed by atoms with E-state index in [2.05, 4.69) is 59.5 Å². The number of nitrogens with one attached hydrogen (secondary N) is 2. The van der Waals surface area contributed by atoms with Crippen LogP contribution in [0.3, 0.4) is 0 Å². The van der Waals surface area contributed by atoms with Gasteiger partial charge in [-0.25, -0.2) is 0 Å². The molecular weight excluding hydrogens is 340 g/mol. The van der Waals surface area contributed by atoms with Crippen LogP contribution in [0.4, 0.5) is 0 Å². The van der Waals surface area contributed by atoms with E-state index in [9.17, 15) is 4.79 Å². The molecule has 1 aromatic carbocycles. The summed E-state index contributed by atoms with van der Waals surface area (Å²) in [6.45, 7) is 11.1. The van der Waals surface area contributed by atoms with Crippen molar-refractivity contribution < 1.29 is 9.53 Å². The van der Waals surface area contributed by atoms with Crippen molar-refractivity contribution in [2.45, 2.75) is 52.7 Å². The molecule has 0 aromatic heterocycles. The molecule has 0 bridgehead atoms. The quantitative estimate of drug-likeness (QED) is 0.593. The Hall–Kier alpha value is -2.08. The Kier molecular flexibility index (Phi) is 8.10. The van der Waals surface area contributed by atoms with Crippen LogP contribution in [-0.2, 0) is 9.53 Å². The first-order valence-electron chi connectivity index (χ1n) is 9.88. The van der Waals surface area contributed by atoms with Crippen molar-refractivity contribution >= 4 is 11.9 Å². The van der Waals surface area contributed by atoms with Gasteiger partial charge in [-0.05, 0) is 38.3 Å². The van der Waals surface area contributed by atoms with Crippen LogP contribution in [0.15, 0.2) is 23.2 Å². The van der Waals surface area contributed by atoms with Gasteiger partial charge in [-0.1, -0.05) is 30.7 Å². The zero-order valence-electron chi connectivity index (χ0n) is 17.3. The van der Waals surface area contributed by atoms with Gasteiger partial charge in [0.15, 0.2) is 5.96 Å². The molecule has 2 unspecified atom stereocenters. The molecule has 1 aliphatic heterocycles. The SMILES string of the molecule is CCC(C)NC(=O)CCNC(=NC)N1CCOC(c2ccc(C)cc2C)C1. The first kappa shape index (κ1) is 21.2. The van der Waals surface area contributed by atoms with Crippen molar-refractivity contribution in [1.29, 1.82) is 0 Å². The van der Waals surface area contributed by atoms with Gasteiger partial charge in [0.25, 0.3) is 0 Å². The van der Waals surface area contributed by atoms with Crippen LogP contribution in [0.2, 0.25) is 0 Å². The van der Waals surface area contributed by atoms with Crippen LogP contribution in [-0.4, -0.2) is 56.1 Å². The second-order valence-electron chi connectivity index (χ2n) is 7.27. The summed E-state index contributed by atoms with van der Waals surface area (Å²) in [4.78, 5) is 18.5. The maximum Gasteiger partial charge on any atom is 0.221 e. The van der Waals surface area contributed by atoms with E-state index in [-0.39, 0.29) is 18.1 Å². The lowest BCUT2D eigenvalue weighted by molar-refractivity contribution is -0.121. The van der Waals surface area contributed by atoms with E-state index < -0.39 is 0 Å². The minimum absolute atomic E-state index is 0.0339. The third-order valence-electron chi connectivity index (χ3n) is 5.00. The molecule has 0 spiro atoms. The molecule has 2 rings (SSSR count). The number of hydrogen-bond acceptors (Lipinski definition) is 3. The molecule has 2 atom stereocenters. The predicted octanol–water partition coefficient (Wildman–Crippen LogP) is 2.56. The largest absolute Gasteiger partial charge is 0.370 e. The molecule has 1 amide bonds. The molecule has 6 heteroatoms. The van der Waals surface area contributed by atoms with Gasteiger partial charge in [-0.3, -0.25) is 9.79 Å². The number of guanidine groups is 1. The van der Waals surface area contributed by atoms with Gasteiger partial charge in [-0.15, -0.1) is 0 Å². The molecule has 1 aliphatic rings. The van der Waals surface area contributed by atoms with Crippen molar-refractivity contribution in [1.82, 2.24) is 15.5 Å². The molecule has 0 radical (unpaired) electrons. The summed E-state index contributed by atoms with van der Waals surface area (Å²) in [6.07, 6.45) is 1.41. The lowest BCUT2D eigenvalue weighted by atomic mass is 10.00. The second-order valence-corrected chi connectivity index (χ2v) is 7.27. The van der Waals surface area contributed by atoms with Crippen molar-refractivity contribution in [2.75, 3.05) is 33.3 Å². The number of amides is 1. The fourth-order valence-corrected chi connectivity index (χ4v) is 3.29. The van der Waals surface area contributed by atoms with Gasteiger partial charge in [0, 0.05) is 32.6 Å². The van der Waals surface area contributed by atoms with E-state index >= 15 is 0 Å². The fraction of sp³-hybridized carbons (Fsp3) is 0.619. The van der Waals surface area contributed by atoms with E-state index in [1.54, 1.807) is 7.05 Å². The lowest BCUT2D eigenvalue weighted by Crippen LogP contribution is -2.49. The van der Waals surface area contributed by atoms with Crippen molar-refractivity contribution in [3.05, 3.63) is 34.9 Å². The smallest absolute Gasteiger partial charge is 0.221 e. The Bertz CT molecular complexity index is 660. The zero-order valence-corrected chi connectivity index (χ0v) is 17.3. The summed E-state index contributed by atoms with van der Waals surface area (Å²) >= 11 is 0. The monoisotopic (exact) mass is 374 g/mol. The molecule has 6 nitrogen and oxygen atoms in total. The average molecular weight is 375 g/mol. The molecule has 1 aromatic rings. The first-order valence-corrected chi connectivity index (χ1v) is 9.88. The molecular formula is C21H34N4O2. The molecule has 0 saturated carbocycles. The van der Waals surface area contributed by atoms with Crippen LogP contribution < -0.4 is 10.6 Å². The minimum Gasteiger partial charge on any atom is -0.370 e. The number of carbonyl (C=O) groups is 1. The predicted molar refractivity (Wildman–Crippen MR) is 110 cm³/mol. The standard InChI is InChI=1S/C21H34N4O2/c1-6-17(4)24-20(26)9-10-23-21(22-5)25-11-12-27-19(14-25)18-8-7-15(2)13-16(18)3/h7-8,13,17,19H,6,9-12,14H2,1-5H3,(H,22,23)(H,24,26). The summed E-state index contributed by atoms with van der Waals surface area (Å²) in [6, 6.07) is 6.71. The van der Waals surface area contributed by atoms with Gasteiger partial charge < -0.3 is 20.3 Å². The number of nitrogens with zero attached hydrogens (tertiary/aromatic N) is 2.